The summed E-state index contributed by atoms with van der Waals surface area (Å²) < 4.78 is 5.08. The van der Waals surface area contributed by atoms with E-state index in [4.69, 9.17) is 4.74 Å². The van der Waals surface area contributed by atoms with Gasteiger partial charge in [0.15, 0.2) is 5.78 Å². The Balaban J connectivity index is 1.92. The molecule has 1 saturated heterocycles. The Morgan fingerprint density at radius 3 is 2.28 bits per heavy atom. The van der Waals surface area contributed by atoms with E-state index in [1.54, 1.807) is 43.5 Å². The van der Waals surface area contributed by atoms with Crippen LogP contribution in [0.15, 0.2) is 42.5 Å². The number of nitrogens with zero attached hydrogens (tertiary/aromatic N) is 2. The molecule has 1 fully saturated rings. The van der Waals surface area contributed by atoms with Gasteiger partial charge in [0.1, 0.15) is 11.4 Å². The van der Waals surface area contributed by atoms with E-state index in [1.165, 1.54) is 6.07 Å². The minimum absolute atomic E-state index is 0.0127. The van der Waals surface area contributed by atoms with Crippen LogP contribution >= 0.6 is 0 Å². The van der Waals surface area contributed by atoms with Gasteiger partial charge < -0.3 is 9.64 Å². The molecule has 0 spiro atoms. The number of carbonyl (C=O) groups excluding carboxylic acids is 1. The summed E-state index contributed by atoms with van der Waals surface area (Å²) in [5.74, 6) is 0.416. The molecule has 0 aliphatic carbocycles. The van der Waals surface area contributed by atoms with Crippen LogP contribution in [-0.4, -0.2) is 30.9 Å². The van der Waals surface area contributed by atoms with Crippen LogP contribution in [0.2, 0.25) is 0 Å². The quantitative estimate of drug-likeness (QED) is 0.470. The zero-order valence-electron chi connectivity index (χ0n) is 14.1. The molecular formula is C19H20N2O4. The minimum atomic E-state index is -0.408. The Morgan fingerprint density at radius 2 is 1.68 bits per heavy atom. The Bertz CT molecular complexity index is 781. The largest absolute Gasteiger partial charge is 0.497 e. The summed E-state index contributed by atoms with van der Waals surface area (Å²) in [6, 6.07) is 11.5. The highest BCUT2D eigenvalue weighted by molar-refractivity contribution is 6.09. The number of ketones is 1. The second kappa shape index (κ2) is 7.34. The van der Waals surface area contributed by atoms with Gasteiger partial charge in [-0.2, -0.15) is 0 Å². The Kier molecular flexibility index (Phi) is 4.97. The predicted octanol–water partition coefficient (Wildman–Crippen LogP) is 3.82. The molecular weight excluding hydrogens is 320 g/mol. The molecule has 0 radical (unpaired) electrons. The van der Waals surface area contributed by atoms with Crippen molar-refractivity contribution in [2.45, 2.75) is 19.3 Å². The molecule has 25 heavy (non-hydrogen) atoms. The van der Waals surface area contributed by atoms with E-state index < -0.39 is 4.92 Å². The molecule has 6 heteroatoms. The van der Waals surface area contributed by atoms with E-state index in [0.29, 0.717) is 22.6 Å². The van der Waals surface area contributed by atoms with Crippen LogP contribution in [0.4, 0.5) is 11.4 Å². The van der Waals surface area contributed by atoms with Crippen molar-refractivity contribution in [3.8, 4) is 5.75 Å². The molecule has 0 unspecified atom stereocenters. The molecule has 130 valence electrons. The first-order valence-corrected chi connectivity index (χ1v) is 8.32. The van der Waals surface area contributed by atoms with Crippen molar-refractivity contribution in [2.75, 3.05) is 25.1 Å². The van der Waals surface area contributed by atoms with Crippen LogP contribution in [0, 0.1) is 10.1 Å². The van der Waals surface area contributed by atoms with Crippen molar-refractivity contribution in [1.29, 1.82) is 0 Å². The number of hydrogen-bond acceptors (Lipinski definition) is 5. The molecule has 0 aromatic heterocycles. The van der Waals surface area contributed by atoms with Crippen molar-refractivity contribution >= 4 is 17.2 Å². The number of nitro benzene ring substituents is 1. The maximum atomic E-state index is 12.6. The first-order chi connectivity index (χ1) is 12.1. The fraction of sp³-hybridized carbons (Fsp3) is 0.316. The fourth-order valence-electron chi connectivity index (χ4n) is 3.12. The molecule has 1 aliphatic heterocycles. The van der Waals surface area contributed by atoms with Crippen LogP contribution < -0.4 is 9.64 Å². The van der Waals surface area contributed by atoms with E-state index in [1.807, 2.05) is 4.90 Å². The first-order valence-electron chi connectivity index (χ1n) is 8.32. The van der Waals surface area contributed by atoms with Gasteiger partial charge in [-0.15, -0.1) is 0 Å². The second-order valence-electron chi connectivity index (χ2n) is 6.07. The lowest BCUT2D eigenvalue weighted by Crippen LogP contribution is -2.30. The van der Waals surface area contributed by atoms with E-state index in [-0.39, 0.29) is 11.5 Å². The lowest BCUT2D eigenvalue weighted by Gasteiger charge is -2.28. The Hall–Kier alpha value is -2.89. The third-order valence-electron chi connectivity index (χ3n) is 4.48. The summed E-state index contributed by atoms with van der Waals surface area (Å²) in [5.41, 5.74) is 1.37. The van der Waals surface area contributed by atoms with Crippen molar-refractivity contribution in [1.82, 2.24) is 0 Å². The van der Waals surface area contributed by atoms with Gasteiger partial charge in [-0.3, -0.25) is 14.9 Å². The van der Waals surface area contributed by atoms with E-state index in [0.717, 1.165) is 32.4 Å². The van der Waals surface area contributed by atoms with E-state index >= 15 is 0 Å². The van der Waals surface area contributed by atoms with Gasteiger partial charge in [-0.25, -0.2) is 0 Å². The second-order valence-corrected chi connectivity index (χ2v) is 6.07. The number of carbonyl (C=O) groups is 1. The highest BCUT2D eigenvalue weighted by Gasteiger charge is 2.23. The Labute approximate surface area is 146 Å². The van der Waals surface area contributed by atoms with Crippen LogP contribution in [0.5, 0.6) is 5.75 Å². The maximum Gasteiger partial charge on any atom is 0.293 e. The molecule has 1 heterocycles. The fourth-order valence-corrected chi connectivity index (χ4v) is 3.12. The SMILES string of the molecule is COc1ccc(C(=O)c2ccc(N3CCCCC3)c([N+](=O)[O-])c2)cc1. The smallest absolute Gasteiger partial charge is 0.293 e. The lowest BCUT2D eigenvalue weighted by molar-refractivity contribution is -0.384. The van der Waals surface area contributed by atoms with E-state index in [2.05, 4.69) is 0 Å². The predicted molar refractivity (Wildman–Crippen MR) is 95.6 cm³/mol. The van der Waals surface area contributed by atoms with Gasteiger partial charge in [0.2, 0.25) is 0 Å². The number of methoxy groups -OCH3 is 1. The van der Waals surface area contributed by atoms with Crippen LogP contribution in [-0.2, 0) is 0 Å². The lowest BCUT2D eigenvalue weighted by atomic mass is 10.0. The summed E-state index contributed by atoms with van der Waals surface area (Å²) in [4.78, 5) is 25.8. The summed E-state index contributed by atoms with van der Waals surface area (Å²) >= 11 is 0. The van der Waals surface area contributed by atoms with Crippen molar-refractivity contribution in [2.24, 2.45) is 0 Å². The monoisotopic (exact) mass is 340 g/mol. The summed E-state index contributed by atoms with van der Waals surface area (Å²) in [7, 11) is 1.56. The molecule has 0 bridgehead atoms. The zero-order valence-corrected chi connectivity index (χ0v) is 14.1. The molecule has 2 aromatic rings. The first kappa shape index (κ1) is 17.0. The van der Waals surface area contributed by atoms with Crippen molar-refractivity contribution < 1.29 is 14.5 Å². The number of benzene rings is 2. The van der Waals surface area contributed by atoms with Gasteiger partial charge in [0, 0.05) is 30.3 Å². The molecule has 0 atom stereocenters. The van der Waals surface area contributed by atoms with Crippen LogP contribution in [0.25, 0.3) is 0 Å². The Morgan fingerprint density at radius 1 is 1.04 bits per heavy atom. The third-order valence-corrected chi connectivity index (χ3v) is 4.48. The molecule has 2 aromatic carbocycles. The number of rotatable bonds is 5. The van der Waals surface area contributed by atoms with Crippen molar-refractivity contribution in [3.05, 3.63) is 63.7 Å². The number of hydrogen-bond donors (Lipinski definition) is 0. The van der Waals surface area contributed by atoms with Gasteiger partial charge in [0.25, 0.3) is 5.69 Å². The standard InChI is InChI=1S/C19H20N2O4/c1-25-16-8-5-14(6-9-16)19(22)15-7-10-17(18(13-15)21(23)24)20-11-3-2-4-12-20/h5-10,13H,2-4,11-12H2,1H3. The molecule has 0 N–H and O–H groups in total. The maximum absolute atomic E-state index is 12.6. The van der Waals surface area contributed by atoms with E-state index in [9.17, 15) is 14.9 Å². The number of nitro groups is 1. The minimum Gasteiger partial charge on any atom is -0.497 e. The van der Waals surface area contributed by atoms with Gasteiger partial charge >= 0.3 is 0 Å². The topological polar surface area (TPSA) is 72.7 Å². The van der Waals surface area contributed by atoms with Gasteiger partial charge in [-0.05, 0) is 55.7 Å². The molecule has 1 aliphatic rings. The molecule has 6 nitrogen and oxygen atoms in total. The summed E-state index contributed by atoms with van der Waals surface area (Å²) in [5, 5.41) is 11.5. The molecule has 0 amide bonds. The molecule has 3 rings (SSSR count). The summed E-state index contributed by atoms with van der Waals surface area (Å²) in [6.45, 7) is 1.62. The number of piperidine rings is 1. The van der Waals surface area contributed by atoms with Gasteiger partial charge in [-0.1, -0.05) is 0 Å². The molecule has 0 saturated carbocycles. The average molecular weight is 340 g/mol. The highest BCUT2D eigenvalue weighted by Crippen LogP contribution is 2.32. The normalized spacial score (nSPS) is 14.2. The van der Waals surface area contributed by atoms with Crippen LogP contribution in [0.1, 0.15) is 35.2 Å². The van der Waals surface area contributed by atoms with Crippen LogP contribution in [0.3, 0.4) is 0 Å². The van der Waals surface area contributed by atoms with Gasteiger partial charge in [0.05, 0.1) is 12.0 Å². The number of anilines is 1. The summed E-state index contributed by atoms with van der Waals surface area (Å²) in [6.07, 6.45) is 3.21. The number of ether oxygens (including phenoxy) is 1. The van der Waals surface area contributed by atoms with Crippen molar-refractivity contribution in [3.63, 3.8) is 0 Å². The highest BCUT2D eigenvalue weighted by atomic mass is 16.6. The average Bonchev–Trinajstić information content (AvgIpc) is 2.67. The third kappa shape index (κ3) is 3.63. The zero-order chi connectivity index (χ0) is 17.8.